The molecule has 0 unspecified atom stereocenters. The lowest BCUT2D eigenvalue weighted by molar-refractivity contribution is 0.325. The van der Waals surface area contributed by atoms with Gasteiger partial charge in [-0.15, -0.1) is 0 Å². The monoisotopic (exact) mass is 180 g/mol. The SMILES string of the molecule is CCOc1cc(C(=N)N)nc(C)n1. The molecule has 0 fully saturated rings. The van der Waals surface area contributed by atoms with Crippen molar-refractivity contribution < 1.29 is 4.74 Å². The van der Waals surface area contributed by atoms with Crippen molar-refractivity contribution in [2.45, 2.75) is 13.8 Å². The van der Waals surface area contributed by atoms with E-state index >= 15 is 0 Å². The van der Waals surface area contributed by atoms with E-state index in [0.717, 1.165) is 0 Å². The van der Waals surface area contributed by atoms with E-state index in [-0.39, 0.29) is 5.84 Å². The number of nitrogens with zero attached hydrogens (tertiary/aromatic N) is 2. The minimum Gasteiger partial charge on any atom is -0.478 e. The Morgan fingerprint density at radius 1 is 1.62 bits per heavy atom. The standard InChI is InChI=1S/C8H12N4O/c1-3-13-7-4-6(8(9)10)11-5(2)12-7/h4H,3H2,1-2H3,(H3,9,10). The Morgan fingerprint density at radius 3 is 2.85 bits per heavy atom. The van der Waals surface area contributed by atoms with Crippen LogP contribution in [0.2, 0.25) is 0 Å². The van der Waals surface area contributed by atoms with Gasteiger partial charge >= 0.3 is 0 Å². The fourth-order valence-corrected chi connectivity index (χ4v) is 0.900. The minimum absolute atomic E-state index is 0.0774. The second-order valence-corrected chi connectivity index (χ2v) is 2.49. The molecule has 0 aliphatic carbocycles. The van der Waals surface area contributed by atoms with Gasteiger partial charge < -0.3 is 10.5 Å². The predicted molar refractivity (Wildman–Crippen MR) is 49.0 cm³/mol. The van der Waals surface area contributed by atoms with E-state index in [9.17, 15) is 0 Å². The summed E-state index contributed by atoms with van der Waals surface area (Å²) >= 11 is 0. The Labute approximate surface area is 76.5 Å². The summed E-state index contributed by atoms with van der Waals surface area (Å²) in [5.74, 6) is 0.933. The quantitative estimate of drug-likeness (QED) is 0.523. The maximum atomic E-state index is 7.19. The maximum Gasteiger partial charge on any atom is 0.217 e. The summed E-state index contributed by atoms with van der Waals surface area (Å²) in [6, 6.07) is 1.55. The van der Waals surface area contributed by atoms with E-state index in [0.29, 0.717) is 24.0 Å². The van der Waals surface area contributed by atoms with Crippen LogP contribution in [0.3, 0.4) is 0 Å². The molecule has 5 nitrogen and oxygen atoms in total. The van der Waals surface area contributed by atoms with Crippen molar-refractivity contribution in [3.05, 3.63) is 17.6 Å². The number of nitrogen functional groups attached to an aromatic ring is 1. The third-order valence-corrected chi connectivity index (χ3v) is 1.38. The number of hydrogen-bond donors (Lipinski definition) is 2. The van der Waals surface area contributed by atoms with Gasteiger partial charge in [-0.2, -0.15) is 4.98 Å². The van der Waals surface area contributed by atoms with Gasteiger partial charge in [-0.05, 0) is 13.8 Å². The lowest BCUT2D eigenvalue weighted by Crippen LogP contribution is -2.14. The largest absolute Gasteiger partial charge is 0.478 e. The van der Waals surface area contributed by atoms with Gasteiger partial charge in [0.05, 0.1) is 6.61 Å². The number of amidine groups is 1. The normalized spacial score (nSPS) is 9.69. The highest BCUT2D eigenvalue weighted by Crippen LogP contribution is 2.08. The summed E-state index contributed by atoms with van der Waals surface area (Å²) in [6.07, 6.45) is 0. The van der Waals surface area contributed by atoms with E-state index in [2.05, 4.69) is 9.97 Å². The first-order chi connectivity index (χ1) is 6.13. The van der Waals surface area contributed by atoms with Gasteiger partial charge in [0.25, 0.3) is 0 Å². The van der Waals surface area contributed by atoms with Crippen molar-refractivity contribution in [1.82, 2.24) is 9.97 Å². The predicted octanol–water partition coefficient (Wildman–Crippen LogP) is 0.468. The smallest absolute Gasteiger partial charge is 0.217 e. The van der Waals surface area contributed by atoms with Crippen molar-refractivity contribution >= 4 is 5.84 Å². The van der Waals surface area contributed by atoms with Crippen molar-refractivity contribution in [2.75, 3.05) is 6.61 Å². The van der Waals surface area contributed by atoms with Crippen molar-refractivity contribution in [2.24, 2.45) is 5.73 Å². The van der Waals surface area contributed by atoms with Gasteiger partial charge in [0.1, 0.15) is 17.4 Å². The van der Waals surface area contributed by atoms with E-state index in [1.54, 1.807) is 13.0 Å². The second-order valence-electron chi connectivity index (χ2n) is 2.49. The van der Waals surface area contributed by atoms with Crippen molar-refractivity contribution in [1.29, 1.82) is 5.41 Å². The summed E-state index contributed by atoms with van der Waals surface area (Å²) in [5.41, 5.74) is 5.68. The first kappa shape index (κ1) is 9.44. The number of aryl methyl sites for hydroxylation is 1. The van der Waals surface area contributed by atoms with Crippen LogP contribution in [0.5, 0.6) is 5.88 Å². The van der Waals surface area contributed by atoms with Crippen molar-refractivity contribution in [3.63, 3.8) is 0 Å². The zero-order valence-corrected chi connectivity index (χ0v) is 7.66. The molecule has 3 N–H and O–H groups in total. The fourth-order valence-electron chi connectivity index (χ4n) is 0.900. The number of ether oxygens (including phenoxy) is 1. The molecule has 0 saturated heterocycles. The Kier molecular flexibility index (Phi) is 2.79. The molecule has 1 rings (SSSR count). The third kappa shape index (κ3) is 2.40. The number of hydrogen-bond acceptors (Lipinski definition) is 4. The molecule has 0 amide bonds. The summed E-state index contributed by atoms with van der Waals surface area (Å²) in [6.45, 7) is 4.13. The molecule has 70 valence electrons. The average molecular weight is 180 g/mol. The Hall–Kier alpha value is -1.65. The number of nitrogens with one attached hydrogen (secondary N) is 1. The number of rotatable bonds is 3. The molecule has 1 aromatic heterocycles. The molecule has 0 spiro atoms. The molecule has 0 atom stereocenters. The van der Waals surface area contributed by atoms with Gasteiger partial charge in [0.15, 0.2) is 0 Å². The van der Waals surface area contributed by atoms with Gasteiger partial charge in [-0.1, -0.05) is 0 Å². The van der Waals surface area contributed by atoms with Crippen LogP contribution in [0.4, 0.5) is 0 Å². The lowest BCUT2D eigenvalue weighted by Gasteiger charge is -2.04. The van der Waals surface area contributed by atoms with Crippen LogP contribution < -0.4 is 10.5 Å². The van der Waals surface area contributed by atoms with Crippen LogP contribution in [0.25, 0.3) is 0 Å². The van der Waals surface area contributed by atoms with Crippen LogP contribution in [-0.4, -0.2) is 22.4 Å². The molecule has 1 heterocycles. The highest BCUT2D eigenvalue weighted by atomic mass is 16.5. The molecule has 0 aromatic carbocycles. The van der Waals surface area contributed by atoms with Crippen LogP contribution in [0, 0.1) is 12.3 Å². The zero-order valence-electron chi connectivity index (χ0n) is 7.66. The van der Waals surface area contributed by atoms with Gasteiger partial charge in [0, 0.05) is 6.07 Å². The number of nitrogens with two attached hydrogens (primary N) is 1. The number of aromatic nitrogens is 2. The molecule has 0 aliphatic rings. The molecule has 5 heteroatoms. The molecule has 0 radical (unpaired) electrons. The molecular formula is C8H12N4O. The first-order valence-electron chi connectivity index (χ1n) is 3.96. The third-order valence-electron chi connectivity index (χ3n) is 1.38. The van der Waals surface area contributed by atoms with Crippen LogP contribution in [0.15, 0.2) is 6.07 Å². The molecule has 13 heavy (non-hydrogen) atoms. The lowest BCUT2D eigenvalue weighted by atomic mass is 10.3. The highest BCUT2D eigenvalue weighted by molar-refractivity contribution is 5.93. The molecule has 0 saturated carbocycles. The summed E-state index contributed by atoms with van der Waals surface area (Å²) in [4.78, 5) is 8.00. The molecular weight excluding hydrogens is 168 g/mol. The van der Waals surface area contributed by atoms with E-state index in [1.165, 1.54) is 0 Å². The minimum atomic E-state index is -0.0774. The molecule has 0 bridgehead atoms. The van der Waals surface area contributed by atoms with Crippen molar-refractivity contribution in [3.8, 4) is 5.88 Å². The van der Waals surface area contributed by atoms with Crippen LogP contribution in [0.1, 0.15) is 18.4 Å². The van der Waals surface area contributed by atoms with Gasteiger partial charge in [-0.3, -0.25) is 5.41 Å². The summed E-state index contributed by atoms with van der Waals surface area (Å²) in [5, 5.41) is 7.19. The van der Waals surface area contributed by atoms with E-state index in [4.69, 9.17) is 15.9 Å². The highest BCUT2D eigenvalue weighted by Gasteiger charge is 2.03. The first-order valence-corrected chi connectivity index (χ1v) is 3.96. The maximum absolute atomic E-state index is 7.19. The summed E-state index contributed by atoms with van der Waals surface area (Å²) in [7, 11) is 0. The van der Waals surface area contributed by atoms with E-state index in [1.807, 2.05) is 6.92 Å². The van der Waals surface area contributed by atoms with Crippen LogP contribution in [-0.2, 0) is 0 Å². The summed E-state index contributed by atoms with van der Waals surface area (Å²) < 4.78 is 5.17. The average Bonchev–Trinajstić information content (AvgIpc) is 2.03. The Bertz CT molecular complexity index is 324. The molecule has 1 aromatic rings. The Morgan fingerprint density at radius 2 is 2.31 bits per heavy atom. The Balaban J connectivity index is 3.03. The van der Waals surface area contributed by atoms with Gasteiger partial charge in [0.2, 0.25) is 5.88 Å². The fraction of sp³-hybridized carbons (Fsp3) is 0.375. The molecule has 0 aliphatic heterocycles. The second kappa shape index (κ2) is 3.84. The van der Waals surface area contributed by atoms with Crippen LogP contribution >= 0.6 is 0 Å². The topological polar surface area (TPSA) is 84.9 Å². The van der Waals surface area contributed by atoms with Gasteiger partial charge in [-0.25, -0.2) is 4.98 Å². The zero-order chi connectivity index (χ0) is 9.84. The van der Waals surface area contributed by atoms with E-state index < -0.39 is 0 Å².